The van der Waals surface area contributed by atoms with E-state index < -0.39 is 5.41 Å². The molecule has 0 radical (unpaired) electrons. The quantitative estimate of drug-likeness (QED) is 0.759. The lowest BCUT2D eigenvalue weighted by Gasteiger charge is -2.39. The molecule has 1 aromatic carbocycles. The third-order valence-electron chi connectivity index (χ3n) is 5.94. The van der Waals surface area contributed by atoms with E-state index in [-0.39, 0.29) is 11.8 Å². The minimum Gasteiger partial charge on any atom is -0.464 e. The number of amides is 2. The highest BCUT2D eigenvalue weighted by Gasteiger charge is 2.49. The van der Waals surface area contributed by atoms with E-state index in [1.807, 2.05) is 28.0 Å². The van der Waals surface area contributed by atoms with E-state index >= 15 is 0 Å². The Hall–Kier alpha value is -2.34. The third kappa shape index (κ3) is 3.34. The maximum atomic E-state index is 13.1. The van der Waals surface area contributed by atoms with Crippen LogP contribution in [0.3, 0.4) is 0 Å². The van der Waals surface area contributed by atoms with Gasteiger partial charge in [-0.3, -0.25) is 9.59 Å². The molecule has 0 unspecified atom stereocenters. The number of benzene rings is 1. The molecule has 27 heavy (non-hydrogen) atoms. The number of carbonyl (C=O) groups excluding carboxylic acids is 2. The number of fused-ring (bicyclic) bond motifs is 1. The highest BCUT2D eigenvalue weighted by Crippen LogP contribution is 2.40. The Bertz CT molecular complexity index is 846. The zero-order valence-electron chi connectivity index (χ0n) is 15.8. The second kappa shape index (κ2) is 7.35. The largest absolute Gasteiger partial charge is 0.464 e. The van der Waals surface area contributed by atoms with E-state index in [0.29, 0.717) is 25.3 Å². The van der Waals surface area contributed by atoms with E-state index in [2.05, 4.69) is 0 Å². The number of piperidine rings is 1. The first kappa shape index (κ1) is 18.0. The van der Waals surface area contributed by atoms with Crippen LogP contribution in [-0.4, -0.2) is 61.5 Å². The van der Waals surface area contributed by atoms with Crippen LogP contribution >= 0.6 is 0 Å². The summed E-state index contributed by atoms with van der Waals surface area (Å²) in [6, 6.07) is 7.36. The number of furan rings is 1. The summed E-state index contributed by atoms with van der Waals surface area (Å²) in [5, 5.41) is 0.924. The molecule has 2 aliphatic rings. The van der Waals surface area contributed by atoms with Crippen molar-refractivity contribution in [3.8, 4) is 0 Å². The van der Waals surface area contributed by atoms with Gasteiger partial charge in [-0.05, 0) is 49.9 Å². The summed E-state index contributed by atoms with van der Waals surface area (Å²) in [5.41, 5.74) is 1.03. The van der Waals surface area contributed by atoms with Crippen molar-refractivity contribution < 1.29 is 18.7 Å². The first-order valence-electron chi connectivity index (χ1n) is 9.68. The fraction of sp³-hybridized carbons (Fsp3) is 0.524. The second-order valence-electron chi connectivity index (χ2n) is 7.67. The van der Waals surface area contributed by atoms with Crippen LogP contribution in [0.15, 0.2) is 34.9 Å². The molecule has 3 heterocycles. The van der Waals surface area contributed by atoms with Crippen LogP contribution in [0, 0.1) is 5.41 Å². The van der Waals surface area contributed by atoms with Gasteiger partial charge in [-0.2, -0.15) is 0 Å². The molecule has 1 spiro atoms. The van der Waals surface area contributed by atoms with Gasteiger partial charge >= 0.3 is 0 Å². The molecule has 144 valence electrons. The standard InChI is InChI=1S/C21H26N2O4/c1-26-12-3-10-22-9-2-7-21(20(22)25)8-11-23(15-21)19(24)17-4-5-18-16(14-17)6-13-27-18/h4-6,13-14H,2-3,7-12,15H2,1H3/t21-/m1/s1. The molecule has 1 atom stereocenters. The Kier molecular flexibility index (Phi) is 4.91. The van der Waals surface area contributed by atoms with Crippen molar-refractivity contribution in [1.82, 2.24) is 9.80 Å². The number of methoxy groups -OCH3 is 1. The summed E-state index contributed by atoms with van der Waals surface area (Å²) < 4.78 is 10.5. The van der Waals surface area contributed by atoms with Crippen molar-refractivity contribution >= 4 is 22.8 Å². The van der Waals surface area contributed by atoms with Gasteiger partial charge in [0.1, 0.15) is 5.58 Å². The first-order valence-corrected chi connectivity index (χ1v) is 9.68. The SMILES string of the molecule is COCCCN1CCC[C@]2(CCN(C(=O)c3ccc4occc4c3)C2)C1=O. The molecule has 2 saturated heterocycles. The monoisotopic (exact) mass is 370 g/mol. The molecule has 2 amide bonds. The molecular formula is C21H26N2O4. The van der Waals surface area contributed by atoms with Crippen molar-refractivity contribution in [2.45, 2.75) is 25.7 Å². The van der Waals surface area contributed by atoms with Gasteiger partial charge in [0.25, 0.3) is 5.91 Å². The minimum absolute atomic E-state index is 0.000665. The Morgan fingerprint density at radius 1 is 1.26 bits per heavy atom. The van der Waals surface area contributed by atoms with Crippen LogP contribution in [0.2, 0.25) is 0 Å². The molecule has 0 saturated carbocycles. The van der Waals surface area contributed by atoms with E-state index in [4.69, 9.17) is 9.15 Å². The van der Waals surface area contributed by atoms with E-state index in [0.717, 1.165) is 49.7 Å². The molecule has 6 heteroatoms. The molecular weight excluding hydrogens is 344 g/mol. The van der Waals surface area contributed by atoms with Gasteiger partial charge in [0.05, 0.1) is 11.7 Å². The number of carbonyl (C=O) groups is 2. The van der Waals surface area contributed by atoms with Crippen LogP contribution < -0.4 is 0 Å². The Balaban J connectivity index is 1.46. The van der Waals surface area contributed by atoms with E-state index in [1.165, 1.54) is 0 Å². The molecule has 0 aliphatic carbocycles. The molecule has 6 nitrogen and oxygen atoms in total. The summed E-state index contributed by atoms with van der Waals surface area (Å²) in [5.74, 6) is 0.213. The van der Waals surface area contributed by atoms with Crippen molar-refractivity contribution in [2.24, 2.45) is 5.41 Å². The lowest BCUT2D eigenvalue weighted by Crippen LogP contribution is -2.50. The lowest BCUT2D eigenvalue weighted by atomic mass is 9.78. The van der Waals surface area contributed by atoms with Crippen LogP contribution in [0.4, 0.5) is 0 Å². The van der Waals surface area contributed by atoms with Gasteiger partial charge in [-0.1, -0.05) is 0 Å². The lowest BCUT2D eigenvalue weighted by molar-refractivity contribution is -0.145. The molecule has 1 aromatic heterocycles. The highest BCUT2D eigenvalue weighted by atomic mass is 16.5. The number of ether oxygens (including phenoxy) is 1. The summed E-state index contributed by atoms with van der Waals surface area (Å²) in [6.07, 6.45) is 5.11. The van der Waals surface area contributed by atoms with Gasteiger partial charge in [-0.25, -0.2) is 0 Å². The van der Waals surface area contributed by atoms with Crippen molar-refractivity contribution in [1.29, 1.82) is 0 Å². The Morgan fingerprint density at radius 2 is 2.15 bits per heavy atom. The molecule has 2 aromatic rings. The zero-order valence-corrected chi connectivity index (χ0v) is 15.8. The van der Waals surface area contributed by atoms with Crippen LogP contribution in [0.1, 0.15) is 36.0 Å². The average molecular weight is 370 g/mol. The second-order valence-corrected chi connectivity index (χ2v) is 7.67. The molecule has 0 N–H and O–H groups in total. The topological polar surface area (TPSA) is 63.0 Å². The van der Waals surface area contributed by atoms with Gasteiger partial charge in [0, 0.05) is 50.8 Å². The number of nitrogens with zero attached hydrogens (tertiary/aromatic N) is 2. The number of rotatable bonds is 5. The summed E-state index contributed by atoms with van der Waals surface area (Å²) in [4.78, 5) is 29.9. The predicted octanol–water partition coefficient (Wildman–Crippen LogP) is 2.92. The Morgan fingerprint density at radius 3 is 3.00 bits per heavy atom. The third-order valence-corrected chi connectivity index (χ3v) is 5.94. The smallest absolute Gasteiger partial charge is 0.253 e. The van der Waals surface area contributed by atoms with Gasteiger partial charge in [0.15, 0.2) is 0 Å². The van der Waals surface area contributed by atoms with Crippen LogP contribution in [0.5, 0.6) is 0 Å². The fourth-order valence-corrected chi connectivity index (χ4v) is 4.47. The average Bonchev–Trinajstić information content (AvgIpc) is 3.32. The number of hydrogen-bond donors (Lipinski definition) is 0. The number of likely N-dealkylation sites (tertiary alicyclic amines) is 2. The highest BCUT2D eigenvalue weighted by molar-refractivity contribution is 5.98. The summed E-state index contributed by atoms with van der Waals surface area (Å²) in [6.45, 7) is 3.38. The summed E-state index contributed by atoms with van der Waals surface area (Å²) >= 11 is 0. The van der Waals surface area contributed by atoms with Crippen molar-refractivity contribution in [3.05, 3.63) is 36.1 Å². The minimum atomic E-state index is -0.402. The maximum absolute atomic E-state index is 13.1. The van der Waals surface area contributed by atoms with E-state index in [9.17, 15) is 9.59 Å². The van der Waals surface area contributed by atoms with Gasteiger partial charge in [-0.15, -0.1) is 0 Å². The molecule has 2 aliphatic heterocycles. The zero-order chi connectivity index (χ0) is 18.9. The van der Waals surface area contributed by atoms with Gasteiger partial charge < -0.3 is 19.0 Å². The first-order chi connectivity index (χ1) is 13.1. The van der Waals surface area contributed by atoms with E-state index in [1.54, 1.807) is 19.4 Å². The van der Waals surface area contributed by atoms with Gasteiger partial charge in [0.2, 0.25) is 5.91 Å². The summed E-state index contributed by atoms with van der Waals surface area (Å²) in [7, 11) is 1.68. The molecule has 2 fully saturated rings. The van der Waals surface area contributed by atoms with Crippen LogP contribution in [0.25, 0.3) is 11.0 Å². The molecule has 0 bridgehead atoms. The van der Waals surface area contributed by atoms with Crippen molar-refractivity contribution in [2.75, 3.05) is 39.9 Å². The van der Waals surface area contributed by atoms with Crippen LogP contribution in [-0.2, 0) is 9.53 Å². The fourth-order valence-electron chi connectivity index (χ4n) is 4.47. The normalized spacial score (nSPS) is 22.9. The Labute approximate surface area is 159 Å². The predicted molar refractivity (Wildman–Crippen MR) is 101 cm³/mol. The maximum Gasteiger partial charge on any atom is 0.253 e. The van der Waals surface area contributed by atoms with Crippen molar-refractivity contribution in [3.63, 3.8) is 0 Å². The number of hydrogen-bond acceptors (Lipinski definition) is 4. The molecule has 4 rings (SSSR count).